The number of aromatic nitrogens is 4. The molecule has 0 radical (unpaired) electrons. The van der Waals surface area contributed by atoms with E-state index in [-0.39, 0.29) is 16.9 Å². The first-order valence-corrected chi connectivity index (χ1v) is 5.57. The van der Waals surface area contributed by atoms with Gasteiger partial charge in [0.05, 0.1) is 11.0 Å². The van der Waals surface area contributed by atoms with Crippen LogP contribution >= 0.6 is 0 Å². The van der Waals surface area contributed by atoms with Gasteiger partial charge in [-0.15, -0.1) is 10.2 Å². The van der Waals surface area contributed by atoms with Gasteiger partial charge in [-0.3, -0.25) is 14.9 Å². The van der Waals surface area contributed by atoms with Crippen LogP contribution in [0.4, 0.5) is 11.4 Å². The number of aromatic amines is 1. The van der Waals surface area contributed by atoms with E-state index in [9.17, 15) is 14.9 Å². The van der Waals surface area contributed by atoms with Crippen molar-refractivity contribution in [2.24, 2.45) is 0 Å². The molecular weight excluding hydrogens is 266 g/mol. The second kappa shape index (κ2) is 5.30. The van der Waals surface area contributed by atoms with E-state index >= 15 is 0 Å². The SMILES string of the molecule is CC(NC(=O)c1ccc([N+](=O)[O-])c(N)c1)c1nn[nH]n1. The molecular formula is C10H11N7O3. The molecule has 4 N–H and O–H groups in total. The Morgan fingerprint density at radius 2 is 2.30 bits per heavy atom. The molecule has 1 aromatic carbocycles. The lowest BCUT2D eigenvalue weighted by molar-refractivity contribution is -0.383. The van der Waals surface area contributed by atoms with Crippen LogP contribution in [-0.4, -0.2) is 31.5 Å². The molecule has 1 aromatic heterocycles. The van der Waals surface area contributed by atoms with Crippen LogP contribution in [0, 0.1) is 10.1 Å². The molecule has 10 nitrogen and oxygen atoms in total. The summed E-state index contributed by atoms with van der Waals surface area (Å²) in [4.78, 5) is 22.0. The fraction of sp³-hybridized carbons (Fsp3) is 0.200. The standard InChI is InChI=1S/C10H11N7O3/c1-5(9-13-15-16-14-9)12-10(18)6-2-3-8(17(19)20)7(11)4-6/h2-5H,11H2,1H3,(H,12,18)(H,13,14,15,16). The number of carbonyl (C=O) groups excluding carboxylic acids is 1. The van der Waals surface area contributed by atoms with Crippen molar-refractivity contribution in [2.45, 2.75) is 13.0 Å². The zero-order chi connectivity index (χ0) is 14.7. The van der Waals surface area contributed by atoms with Crippen molar-refractivity contribution in [2.75, 3.05) is 5.73 Å². The van der Waals surface area contributed by atoms with Gasteiger partial charge in [-0.2, -0.15) is 5.21 Å². The Kier molecular flexibility index (Phi) is 3.55. The maximum absolute atomic E-state index is 12.0. The molecule has 1 atom stereocenters. The van der Waals surface area contributed by atoms with E-state index in [1.807, 2.05) is 0 Å². The first kappa shape index (κ1) is 13.4. The van der Waals surface area contributed by atoms with E-state index in [2.05, 4.69) is 25.9 Å². The molecule has 2 rings (SSSR count). The summed E-state index contributed by atoms with van der Waals surface area (Å²) in [6, 6.07) is 3.30. The Labute approximate surface area is 112 Å². The maximum atomic E-state index is 12.0. The number of anilines is 1. The van der Waals surface area contributed by atoms with E-state index < -0.39 is 16.9 Å². The minimum atomic E-state index is -0.612. The molecule has 0 saturated heterocycles. The van der Waals surface area contributed by atoms with Gasteiger partial charge in [0.1, 0.15) is 5.69 Å². The average Bonchev–Trinajstić information content (AvgIpc) is 2.91. The lowest BCUT2D eigenvalue weighted by atomic mass is 10.1. The molecule has 0 spiro atoms. The zero-order valence-corrected chi connectivity index (χ0v) is 10.4. The van der Waals surface area contributed by atoms with Gasteiger partial charge >= 0.3 is 0 Å². The monoisotopic (exact) mass is 277 g/mol. The van der Waals surface area contributed by atoms with Crippen LogP contribution in [0.2, 0.25) is 0 Å². The van der Waals surface area contributed by atoms with Crippen molar-refractivity contribution >= 4 is 17.3 Å². The lowest BCUT2D eigenvalue weighted by Gasteiger charge is -2.10. The summed E-state index contributed by atoms with van der Waals surface area (Å²) >= 11 is 0. The molecule has 1 unspecified atom stereocenters. The van der Waals surface area contributed by atoms with Crippen molar-refractivity contribution in [3.63, 3.8) is 0 Å². The van der Waals surface area contributed by atoms with Crippen LogP contribution < -0.4 is 11.1 Å². The van der Waals surface area contributed by atoms with Crippen molar-refractivity contribution in [1.82, 2.24) is 25.9 Å². The van der Waals surface area contributed by atoms with E-state index in [0.717, 1.165) is 0 Å². The van der Waals surface area contributed by atoms with Crippen LogP contribution in [-0.2, 0) is 0 Å². The summed E-state index contributed by atoms with van der Waals surface area (Å²) in [7, 11) is 0. The van der Waals surface area contributed by atoms with Crippen LogP contribution in [0.25, 0.3) is 0 Å². The van der Waals surface area contributed by atoms with Gasteiger partial charge in [-0.1, -0.05) is 5.21 Å². The lowest BCUT2D eigenvalue weighted by Crippen LogP contribution is -2.27. The van der Waals surface area contributed by atoms with Crippen LogP contribution in [0.1, 0.15) is 29.1 Å². The number of hydrogen-bond acceptors (Lipinski definition) is 7. The smallest absolute Gasteiger partial charge is 0.292 e. The molecule has 1 amide bonds. The normalized spacial score (nSPS) is 11.8. The number of benzene rings is 1. The zero-order valence-electron chi connectivity index (χ0n) is 10.4. The third-order valence-electron chi connectivity index (χ3n) is 2.58. The summed E-state index contributed by atoms with van der Waals surface area (Å²) < 4.78 is 0. The van der Waals surface area contributed by atoms with Gasteiger partial charge < -0.3 is 11.1 Å². The summed E-state index contributed by atoms with van der Waals surface area (Å²) in [6.45, 7) is 1.68. The number of amides is 1. The predicted octanol–water partition coefficient (Wildman–Crippen LogP) is 0.181. The van der Waals surface area contributed by atoms with Crippen LogP contribution in [0.3, 0.4) is 0 Å². The van der Waals surface area contributed by atoms with Crippen molar-refractivity contribution < 1.29 is 9.72 Å². The topological polar surface area (TPSA) is 153 Å². The number of nitrogens with one attached hydrogen (secondary N) is 2. The predicted molar refractivity (Wildman–Crippen MR) is 67.6 cm³/mol. The molecule has 0 aliphatic rings. The first-order chi connectivity index (χ1) is 9.49. The van der Waals surface area contributed by atoms with Gasteiger partial charge in [0.25, 0.3) is 11.6 Å². The van der Waals surface area contributed by atoms with E-state index in [4.69, 9.17) is 5.73 Å². The largest absolute Gasteiger partial charge is 0.393 e. The van der Waals surface area contributed by atoms with Gasteiger partial charge in [0, 0.05) is 11.6 Å². The minimum Gasteiger partial charge on any atom is -0.393 e. The number of hydrogen-bond donors (Lipinski definition) is 3. The maximum Gasteiger partial charge on any atom is 0.292 e. The highest BCUT2D eigenvalue weighted by Gasteiger charge is 2.17. The molecule has 0 bridgehead atoms. The Hall–Kier alpha value is -3.04. The highest BCUT2D eigenvalue weighted by molar-refractivity contribution is 5.95. The second-order valence-corrected chi connectivity index (χ2v) is 4.00. The second-order valence-electron chi connectivity index (χ2n) is 4.00. The van der Waals surface area contributed by atoms with Crippen molar-refractivity contribution in [1.29, 1.82) is 0 Å². The third kappa shape index (κ3) is 2.68. The van der Waals surface area contributed by atoms with E-state index in [0.29, 0.717) is 5.82 Å². The van der Waals surface area contributed by atoms with Gasteiger partial charge in [0.15, 0.2) is 5.82 Å². The fourth-order valence-electron chi connectivity index (χ4n) is 1.56. The average molecular weight is 277 g/mol. The number of H-pyrrole nitrogens is 1. The molecule has 20 heavy (non-hydrogen) atoms. The molecule has 104 valence electrons. The Morgan fingerprint density at radius 3 is 2.85 bits per heavy atom. The van der Waals surface area contributed by atoms with E-state index in [1.54, 1.807) is 6.92 Å². The Balaban J connectivity index is 2.14. The first-order valence-electron chi connectivity index (χ1n) is 5.57. The van der Waals surface area contributed by atoms with Gasteiger partial charge in [-0.05, 0) is 19.1 Å². The quantitative estimate of drug-likeness (QED) is 0.409. The van der Waals surface area contributed by atoms with Gasteiger partial charge in [-0.25, -0.2) is 0 Å². The Morgan fingerprint density at radius 1 is 1.55 bits per heavy atom. The fourth-order valence-corrected chi connectivity index (χ4v) is 1.56. The molecule has 1 heterocycles. The van der Waals surface area contributed by atoms with Crippen molar-refractivity contribution in [3.8, 4) is 0 Å². The summed E-state index contributed by atoms with van der Waals surface area (Å²) in [6.07, 6.45) is 0. The third-order valence-corrected chi connectivity index (χ3v) is 2.58. The molecule has 10 heteroatoms. The Bertz CT molecular complexity index is 640. The molecule has 0 fully saturated rings. The summed E-state index contributed by atoms with van der Waals surface area (Å²) in [5.41, 5.74) is 5.42. The number of nitrogens with zero attached hydrogens (tertiary/aromatic N) is 4. The number of nitrogen functional groups attached to an aromatic ring is 1. The highest BCUT2D eigenvalue weighted by atomic mass is 16.6. The van der Waals surface area contributed by atoms with E-state index in [1.165, 1.54) is 18.2 Å². The summed E-state index contributed by atoms with van der Waals surface area (Å²) in [5.74, 6) is -0.114. The number of nitro groups is 1. The van der Waals surface area contributed by atoms with Crippen LogP contribution in [0.5, 0.6) is 0 Å². The number of tetrazole rings is 1. The summed E-state index contributed by atoms with van der Waals surface area (Å²) in [5, 5.41) is 26.4. The van der Waals surface area contributed by atoms with Crippen LogP contribution in [0.15, 0.2) is 18.2 Å². The molecule has 2 aromatic rings. The molecule has 0 aliphatic heterocycles. The van der Waals surface area contributed by atoms with Crippen molar-refractivity contribution in [3.05, 3.63) is 39.7 Å². The number of carbonyl (C=O) groups is 1. The molecule has 0 saturated carbocycles. The highest BCUT2D eigenvalue weighted by Crippen LogP contribution is 2.22. The minimum absolute atomic E-state index is 0.0742. The number of nitrogens with two attached hydrogens (primary N) is 1. The number of nitro benzene ring substituents is 1. The van der Waals surface area contributed by atoms with Gasteiger partial charge in [0.2, 0.25) is 0 Å². The molecule has 0 aliphatic carbocycles. The number of rotatable bonds is 4.